The summed E-state index contributed by atoms with van der Waals surface area (Å²) in [6.45, 7) is 0.379. The summed E-state index contributed by atoms with van der Waals surface area (Å²) < 4.78 is 11.7. The van der Waals surface area contributed by atoms with Crippen LogP contribution in [0.4, 0.5) is 23.5 Å². The van der Waals surface area contributed by atoms with E-state index in [0.29, 0.717) is 50.6 Å². The fourth-order valence-electron chi connectivity index (χ4n) is 5.57. The lowest BCUT2D eigenvalue weighted by Gasteiger charge is -2.21. The molecule has 0 saturated heterocycles. The largest absolute Gasteiger partial charge is 0.452 e. The average Bonchev–Trinajstić information content (AvgIpc) is 3.71. The first-order valence-electron chi connectivity index (χ1n) is 15.2. The van der Waals surface area contributed by atoms with E-state index in [0.717, 1.165) is 38.5 Å². The van der Waals surface area contributed by atoms with Gasteiger partial charge in [0.1, 0.15) is 11.5 Å². The van der Waals surface area contributed by atoms with Crippen molar-refractivity contribution in [1.82, 2.24) is 19.9 Å². The number of aromatic nitrogens is 4. The Morgan fingerprint density at radius 2 is 1.26 bits per heavy atom. The van der Waals surface area contributed by atoms with Gasteiger partial charge < -0.3 is 41.8 Å². The summed E-state index contributed by atoms with van der Waals surface area (Å²) >= 11 is 11.8. The molecule has 14 heteroatoms. The Bertz CT molecular complexity index is 1570. The van der Waals surface area contributed by atoms with E-state index in [9.17, 15) is 10.2 Å². The van der Waals surface area contributed by atoms with Gasteiger partial charge in [-0.1, -0.05) is 29.6 Å². The van der Waals surface area contributed by atoms with Crippen LogP contribution in [0.15, 0.2) is 60.9 Å². The molecular weight excluding hydrogens is 631 g/mol. The van der Waals surface area contributed by atoms with E-state index in [1.165, 1.54) is 0 Å². The van der Waals surface area contributed by atoms with Crippen molar-refractivity contribution < 1.29 is 19.7 Å². The Balaban J connectivity index is 0.000000181. The van der Waals surface area contributed by atoms with Crippen LogP contribution in [-0.2, 0) is 0 Å². The van der Waals surface area contributed by atoms with Crippen LogP contribution in [0.2, 0.25) is 10.0 Å². The van der Waals surface area contributed by atoms with Gasteiger partial charge in [0, 0.05) is 41.3 Å². The molecule has 4 aromatic rings. The van der Waals surface area contributed by atoms with Crippen LogP contribution in [0.5, 0.6) is 23.0 Å². The standard InChI is InChI=1S/2C16H19ClN4O2/c17-11-2-5-13(6-3-11)23-14-8-19-16(18)21-15(14)20-12-4-1-10(7-12)9-22;17-11-4-6-12(7-5-11)23-14-8-19-16(18)21-15(14)20-13-3-1-2-10(13)9-22/h2-3,5-6,8,10,12,22H,1,4,7,9H2,(H3,18,19,20,21);4-8,10,13,22H,1-3,9H2,(H3,18,19,20,21). The molecule has 2 aliphatic carbocycles. The number of hydrogen-bond donors (Lipinski definition) is 6. The lowest BCUT2D eigenvalue weighted by atomic mass is 10.1. The molecule has 0 bridgehead atoms. The minimum Gasteiger partial charge on any atom is -0.452 e. The number of anilines is 4. The summed E-state index contributed by atoms with van der Waals surface area (Å²) in [6, 6.07) is 14.5. The number of halogens is 2. The summed E-state index contributed by atoms with van der Waals surface area (Å²) in [5.74, 6) is 4.30. The fourth-order valence-corrected chi connectivity index (χ4v) is 5.82. The molecule has 2 heterocycles. The van der Waals surface area contributed by atoms with Gasteiger partial charge in [-0.3, -0.25) is 0 Å². The van der Waals surface area contributed by atoms with E-state index in [4.69, 9.17) is 44.1 Å². The van der Waals surface area contributed by atoms with Gasteiger partial charge in [-0.2, -0.15) is 9.97 Å². The molecule has 0 spiro atoms. The van der Waals surface area contributed by atoms with Crippen LogP contribution < -0.4 is 31.6 Å². The van der Waals surface area contributed by atoms with Crippen LogP contribution in [0, 0.1) is 11.8 Å². The first-order chi connectivity index (χ1) is 22.3. The van der Waals surface area contributed by atoms with Gasteiger partial charge in [-0.15, -0.1) is 0 Å². The molecule has 12 nitrogen and oxygen atoms in total. The number of nitrogen functional groups attached to an aromatic ring is 2. The predicted octanol–water partition coefficient (Wildman–Crippen LogP) is 6.15. The van der Waals surface area contributed by atoms with Crippen LogP contribution in [0.1, 0.15) is 38.5 Å². The van der Waals surface area contributed by atoms with Crippen LogP contribution in [0.25, 0.3) is 0 Å². The average molecular weight is 670 g/mol. The Morgan fingerprint density at radius 3 is 1.76 bits per heavy atom. The summed E-state index contributed by atoms with van der Waals surface area (Å²) in [6.07, 6.45) is 9.05. The van der Waals surface area contributed by atoms with Crippen molar-refractivity contribution in [2.45, 2.75) is 50.6 Å². The Labute approximate surface area is 277 Å². The van der Waals surface area contributed by atoms with Crippen molar-refractivity contribution in [2.24, 2.45) is 11.8 Å². The molecule has 2 aromatic heterocycles. The highest BCUT2D eigenvalue weighted by Gasteiger charge is 2.28. The monoisotopic (exact) mass is 668 g/mol. The number of aliphatic hydroxyl groups is 2. The normalized spacial score (nSPS) is 20.4. The van der Waals surface area contributed by atoms with Crippen molar-refractivity contribution in [3.63, 3.8) is 0 Å². The molecule has 46 heavy (non-hydrogen) atoms. The SMILES string of the molecule is Nc1ncc(Oc2ccc(Cl)cc2)c(NC2CCC(CO)C2)n1.Nc1ncc(Oc2ccc(Cl)cc2)c(NC2CCCC2CO)n1. The van der Waals surface area contributed by atoms with Gasteiger partial charge in [0.2, 0.25) is 11.9 Å². The Kier molecular flexibility index (Phi) is 11.5. The van der Waals surface area contributed by atoms with Gasteiger partial charge in [0.05, 0.1) is 12.4 Å². The van der Waals surface area contributed by atoms with E-state index in [1.807, 2.05) is 0 Å². The third-order valence-electron chi connectivity index (χ3n) is 7.99. The number of nitrogens with zero attached hydrogens (tertiary/aromatic N) is 4. The van der Waals surface area contributed by atoms with Crippen molar-refractivity contribution >= 4 is 46.7 Å². The maximum atomic E-state index is 9.46. The molecule has 0 amide bonds. The lowest BCUT2D eigenvalue weighted by Crippen LogP contribution is -2.27. The van der Waals surface area contributed by atoms with Gasteiger partial charge in [-0.05, 0) is 86.6 Å². The zero-order chi connectivity index (χ0) is 32.5. The van der Waals surface area contributed by atoms with Crippen LogP contribution in [-0.4, -0.2) is 55.4 Å². The second-order valence-corrected chi connectivity index (χ2v) is 12.2. The predicted molar refractivity (Wildman–Crippen MR) is 180 cm³/mol. The maximum Gasteiger partial charge on any atom is 0.222 e. The highest BCUT2D eigenvalue weighted by Crippen LogP contribution is 2.34. The Hall–Kier alpha value is -4.10. The quantitative estimate of drug-likeness (QED) is 0.113. The maximum absolute atomic E-state index is 9.46. The first-order valence-corrected chi connectivity index (χ1v) is 15.9. The van der Waals surface area contributed by atoms with Gasteiger partial charge >= 0.3 is 0 Å². The minimum absolute atomic E-state index is 0.155. The number of benzene rings is 2. The third-order valence-corrected chi connectivity index (χ3v) is 8.49. The number of nitrogens with one attached hydrogen (secondary N) is 2. The third kappa shape index (κ3) is 9.23. The summed E-state index contributed by atoms with van der Waals surface area (Å²) in [4.78, 5) is 16.5. The molecule has 2 aromatic carbocycles. The fraction of sp³-hybridized carbons (Fsp3) is 0.375. The topological polar surface area (TPSA) is 187 Å². The van der Waals surface area contributed by atoms with Crippen molar-refractivity contribution in [3.8, 4) is 23.0 Å². The van der Waals surface area contributed by atoms with Crippen LogP contribution in [0.3, 0.4) is 0 Å². The highest BCUT2D eigenvalue weighted by atomic mass is 35.5. The zero-order valence-corrected chi connectivity index (χ0v) is 26.7. The lowest BCUT2D eigenvalue weighted by molar-refractivity contribution is 0.222. The van der Waals surface area contributed by atoms with Crippen molar-refractivity contribution in [1.29, 1.82) is 0 Å². The summed E-state index contributed by atoms with van der Waals surface area (Å²) in [7, 11) is 0. The molecule has 6 rings (SSSR count). The second-order valence-electron chi connectivity index (χ2n) is 11.3. The molecule has 2 aliphatic rings. The van der Waals surface area contributed by atoms with E-state index in [2.05, 4.69) is 30.6 Å². The first kappa shape index (κ1) is 33.3. The number of ether oxygens (including phenoxy) is 2. The number of hydrogen-bond acceptors (Lipinski definition) is 12. The molecule has 0 radical (unpaired) electrons. The number of nitrogens with two attached hydrogens (primary N) is 2. The molecule has 2 saturated carbocycles. The van der Waals surface area contributed by atoms with Crippen molar-refractivity contribution in [3.05, 3.63) is 71.0 Å². The molecule has 2 fully saturated rings. The van der Waals surface area contributed by atoms with Gasteiger partial charge in [0.25, 0.3) is 0 Å². The smallest absolute Gasteiger partial charge is 0.222 e. The number of aliphatic hydroxyl groups excluding tert-OH is 2. The summed E-state index contributed by atoms with van der Waals surface area (Å²) in [5.41, 5.74) is 11.4. The molecule has 8 N–H and O–H groups in total. The van der Waals surface area contributed by atoms with E-state index in [1.54, 1.807) is 60.9 Å². The Morgan fingerprint density at radius 1 is 0.717 bits per heavy atom. The van der Waals surface area contributed by atoms with Gasteiger partial charge in [-0.25, -0.2) is 9.97 Å². The second kappa shape index (κ2) is 15.9. The molecule has 244 valence electrons. The van der Waals surface area contributed by atoms with Gasteiger partial charge in [0.15, 0.2) is 23.1 Å². The minimum atomic E-state index is 0.155. The summed E-state index contributed by atoms with van der Waals surface area (Å²) in [5, 5.41) is 26.7. The molecular formula is C32H38Cl2N8O4. The van der Waals surface area contributed by atoms with E-state index >= 15 is 0 Å². The van der Waals surface area contributed by atoms with Crippen molar-refractivity contribution in [2.75, 3.05) is 35.3 Å². The van der Waals surface area contributed by atoms with E-state index < -0.39 is 0 Å². The van der Waals surface area contributed by atoms with Crippen LogP contribution >= 0.6 is 23.2 Å². The number of rotatable bonds is 10. The van der Waals surface area contributed by atoms with E-state index in [-0.39, 0.29) is 43.1 Å². The zero-order valence-electron chi connectivity index (χ0n) is 25.2. The highest BCUT2D eigenvalue weighted by molar-refractivity contribution is 6.30. The molecule has 0 aliphatic heterocycles. The molecule has 4 atom stereocenters. The molecule has 4 unspecified atom stereocenters.